The van der Waals surface area contributed by atoms with Crippen LogP contribution in [0.1, 0.15) is 12.0 Å². The fourth-order valence-electron chi connectivity index (χ4n) is 1.80. The van der Waals surface area contributed by atoms with Crippen LogP contribution in [0.15, 0.2) is 24.5 Å². The lowest BCUT2D eigenvalue weighted by Crippen LogP contribution is -2.17. The second kappa shape index (κ2) is 6.84. The van der Waals surface area contributed by atoms with Crippen molar-refractivity contribution in [2.75, 3.05) is 6.54 Å². The van der Waals surface area contributed by atoms with Crippen molar-refractivity contribution in [2.24, 2.45) is 0 Å². The van der Waals surface area contributed by atoms with Crippen molar-refractivity contribution in [3.63, 3.8) is 0 Å². The van der Waals surface area contributed by atoms with E-state index in [0.717, 1.165) is 12.5 Å². The van der Waals surface area contributed by atoms with Crippen LogP contribution in [-0.4, -0.2) is 26.5 Å². The van der Waals surface area contributed by atoms with Gasteiger partial charge in [0.15, 0.2) is 0 Å². The molecule has 0 radical (unpaired) electrons. The Balaban J connectivity index is 1.85. The molecule has 0 fully saturated rings. The molecule has 1 N–H and O–H groups in total. The molecule has 0 spiro atoms. The molecule has 0 aliphatic rings. The highest BCUT2D eigenvalue weighted by atomic mass is 19.1. The van der Waals surface area contributed by atoms with Crippen LogP contribution in [0.25, 0.3) is 0 Å². The molecule has 1 aromatic carbocycles. The fraction of sp³-hybridized carbons (Fsp3) is 0.333. The van der Waals surface area contributed by atoms with Crippen LogP contribution >= 0.6 is 0 Å². The van der Waals surface area contributed by atoms with E-state index < -0.39 is 22.2 Å². The maximum absolute atomic E-state index is 13.5. The number of nitrogens with one attached hydrogen (secondary N) is 1. The molecule has 9 heteroatoms. The van der Waals surface area contributed by atoms with Crippen molar-refractivity contribution in [2.45, 2.75) is 19.5 Å². The summed E-state index contributed by atoms with van der Waals surface area (Å²) in [6, 6.07) is 1.44. The third kappa shape index (κ3) is 4.02. The highest BCUT2D eigenvalue weighted by Crippen LogP contribution is 2.21. The predicted molar refractivity (Wildman–Crippen MR) is 69.4 cm³/mol. The normalized spacial score (nSPS) is 10.8. The number of nitrogens with zero attached hydrogens (tertiary/aromatic N) is 4. The zero-order chi connectivity index (χ0) is 15.2. The molecule has 21 heavy (non-hydrogen) atoms. The SMILES string of the molecule is O=[N+]([O-])c1cc(CNCCCn2ccnn2)c(F)cc1F. The molecule has 0 bridgehead atoms. The second-order valence-electron chi connectivity index (χ2n) is 4.35. The van der Waals surface area contributed by atoms with Gasteiger partial charge < -0.3 is 5.32 Å². The number of hydrogen-bond donors (Lipinski definition) is 1. The predicted octanol–water partition coefficient (Wildman–Crippen LogP) is 1.64. The van der Waals surface area contributed by atoms with Gasteiger partial charge in [0.1, 0.15) is 5.82 Å². The molecule has 0 atom stereocenters. The summed E-state index contributed by atoms with van der Waals surface area (Å²) in [6.07, 6.45) is 4.03. The monoisotopic (exact) mass is 297 g/mol. The number of nitro benzene ring substituents is 1. The van der Waals surface area contributed by atoms with E-state index in [0.29, 0.717) is 19.2 Å². The van der Waals surface area contributed by atoms with Crippen molar-refractivity contribution >= 4 is 5.69 Å². The van der Waals surface area contributed by atoms with Crippen LogP contribution in [0.4, 0.5) is 14.5 Å². The average molecular weight is 297 g/mol. The number of aromatic nitrogens is 3. The lowest BCUT2D eigenvalue weighted by atomic mass is 10.1. The van der Waals surface area contributed by atoms with E-state index in [-0.39, 0.29) is 12.1 Å². The minimum atomic E-state index is -1.17. The summed E-state index contributed by atoms with van der Waals surface area (Å²) >= 11 is 0. The maximum Gasteiger partial charge on any atom is 0.305 e. The second-order valence-corrected chi connectivity index (χ2v) is 4.35. The Kier molecular flexibility index (Phi) is 4.88. The lowest BCUT2D eigenvalue weighted by molar-refractivity contribution is -0.387. The molecule has 2 rings (SSSR count). The average Bonchev–Trinajstić information content (AvgIpc) is 2.93. The van der Waals surface area contributed by atoms with Gasteiger partial charge in [-0.1, -0.05) is 5.21 Å². The molecule has 1 heterocycles. The number of halogens is 2. The number of rotatable bonds is 7. The van der Waals surface area contributed by atoms with Crippen LogP contribution in [-0.2, 0) is 13.1 Å². The van der Waals surface area contributed by atoms with E-state index in [2.05, 4.69) is 15.6 Å². The molecular weight excluding hydrogens is 284 g/mol. The lowest BCUT2D eigenvalue weighted by Gasteiger charge is -2.06. The number of benzene rings is 1. The largest absolute Gasteiger partial charge is 0.312 e. The first kappa shape index (κ1) is 15.0. The van der Waals surface area contributed by atoms with Crippen LogP contribution in [0, 0.1) is 21.7 Å². The molecule has 0 saturated heterocycles. The quantitative estimate of drug-likeness (QED) is 0.477. The Bertz CT molecular complexity index is 618. The smallest absolute Gasteiger partial charge is 0.305 e. The van der Waals surface area contributed by atoms with Crippen molar-refractivity contribution in [3.8, 4) is 0 Å². The summed E-state index contributed by atoms with van der Waals surface area (Å²) in [7, 11) is 0. The third-order valence-electron chi connectivity index (χ3n) is 2.84. The summed E-state index contributed by atoms with van der Waals surface area (Å²) in [5.41, 5.74) is -0.667. The molecule has 0 aliphatic carbocycles. The zero-order valence-electron chi connectivity index (χ0n) is 11.0. The number of aryl methyl sites for hydroxylation is 1. The van der Waals surface area contributed by atoms with Gasteiger partial charge in [-0.25, -0.2) is 4.39 Å². The van der Waals surface area contributed by atoms with Crippen molar-refractivity contribution in [1.29, 1.82) is 0 Å². The first-order valence-electron chi connectivity index (χ1n) is 6.25. The summed E-state index contributed by atoms with van der Waals surface area (Å²) in [6.45, 7) is 1.30. The van der Waals surface area contributed by atoms with Gasteiger partial charge >= 0.3 is 5.69 Å². The Labute approximate surface area is 118 Å². The fourth-order valence-corrected chi connectivity index (χ4v) is 1.80. The van der Waals surface area contributed by atoms with E-state index in [1.165, 1.54) is 0 Å². The van der Waals surface area contributed by atoms with Gasteiger partial charge in [-0.15, -0.1) is 5.10 Å². The van der Waals surface area contributed by atoms with E-state index in [4.69, 9.17) is 0 Å². The molecule has 2 aromatic rings. The summed E-state index contributed by atoms with van der Waals surface area (Å²) < 4.78 is 28.3. The summed E-state index contributed by atoms with van der Waals surface area (Å²) in [5, 5.41) is 21.0. The van der Waals surface area contributed by atoms with Crippen molar-refractivity contribution in [3.05, 3.63) is 51.8 Å². The van der Waals surface area contributed by atoms with Gasteiger partial charge in [-0.2, -0.15) is 4.39 Å². The van der Waals surface area contributed by atoms with Crippen LogP contribution in [0.2, 0.25) is 0 Å². The minimum Gasteiger partial charge on any atom is -0.312 e. The maximum atomic E-state index is 13.5. The molecule has 0 unspecified atom stereocenters. The van der Waals surface area contributed by atoms with Crippen molar-refractivity contribution in [1.82, 2.24) is 20.3 Å². The van der Waals surface area contributed by atoms with Crippen molar-refractivity contribution < 1.29 is 13.7 Å². The van der Waals surface area contributed by atoms with Gasteiger partial charge in [0.05, 0.1) is 11.1 Å². The first-order chi connectivity index (χ1) is 10.1. The van der Waals surface area contributed by atoms with E-state index in [1.807, 2.05) is 0 Å². The van der Waals surface area contributed by atoms with Gasteiger partial charge in [-0.05, 0) is 13.0 Å². The molecule has 0 aliphatic heterocycles. The van der Waals surface area contributed by atoms with E-state index in [9.17, 15) is 18.9 Å². The molecule has 112 valence electrons. The van der Waals surface area contributed by atoms with Crippen LogP contribution < -0.4 is 5.32 Å². The molecule has 0 amide bonds. The highest BCUT2D eigenvalue weighted by molar-refractivity contribution is 5.37. The van der Waals surface area contributed by atoms with Gasteiger partial charge in [-0.3, -0.25) is 14.8 Å². The minimum absolute atomic E-state index is 0.0591. The van der Waals surface area contributed by atoms with Crippen LogP contribution in [0.5, 0.6) is 0 Å². The number of nitro groups is 1. The van der Waals surface area contributed by atoms with E-state index >= 15 is 0 Å². The molecule has 1 aromatic heterocycles. The van der Waals surface area contributed by atoms with Gasteiger partial charge in [0.25, 0.3) is 0 Å². The highest BCUT2D eigenvalue weighted by Gasteiger charge is 2.18. The third-order valence-corrected chi connectivity index (χ3v) is 2.84. The topological polar surface area (TPSA) is 85.9 Å². The molecule has 0 saturated carbocycles. The van der Waals surface area contributed by atoms with E-state index in [1.54, 1.807) is 17.1 Å². The molecular formula is C12H13F2N5O2. The summed E-state index contributed by atoms with van der Waals surface area (Å²) in [4.78, 5) is 9.73. The Morgan fingerprint density at radius 3 is 2.81 bits per heavy atom. The zero-order valence-corrected chi connectivity index (χ0v) is 11.0. The standard InChI is InChI=1S/C12H13F2N5O2/c13-10-7-11(14)12(19(20)21)6-9(10)8-15-2-1-4-18-5-3-16-17-18/h3,5-7,15H,1-2,4,8H2. The molecule has 7 nitrogen and oxygen atoms in total. The Morgan fingerprint density at radius 2 is 2.14 bits per heavy atom. The Hall–Kier alpha value is -2.42. The van der Waals surface area contributed by atoms with Gasteiger partial charge in [0.2, 0.25) is 5.82 Å². The first-order valence-corrected chi connectivity index (χ1v) is 6.25. The number of hydrogen-bond acceptors (Lipinski definition) is 5. The van der Waals surface area contributed by atoms with Gasteiger partial charge in [0, 0.05) is 37.0 Å². The van der Waals surface area contributed by atoms with Crippen LogP contribution in [0.3, 0.4) is 0 Å². The Morgan fingerprint density at radius 1 is 1.33 bits per heavy atom. The summed E-state index contributed by atoms with van der Waals surface area (Å²) in [5.74, 6) is -1.98.